The van der Waals surface area contributed by atoms with E-state index in [9.17, 15) is 75.5 Å². The fourth-order valence-corrected chi connectivity index (χ4v) is 17.0. The zero-order valence-electron chi connectivity index (χ0n) is 62.4. The first kappa shape index (κ1) is 91.9. The molecule has 0 fully saturated rings. The molecule has 0 radical (unpaired) electrons. The van der Waals surface area contributed by atoms with Crippen LogP contribution in [-0.2, 0) is 52.1 Å². The van der Waals surface area contributed by atoms with Gasteiger partial charge in [0, 0.05) is 0 Å². The van der Waals surface area contributed by atoms with Crippen LogP contribution in [0.15, 0.2) is 262 Å². The van der Waals surface area contributed by atoms with Gasteiger partial charge in [-0.2, -0.15) is 26.3 Å². The molecule has 0 bridgehead atoms. The molecule has 0 aliphatic rings. The number of hydrogen-bond acceptors (Lipinski definition) is 13. The Morgan fingerprint density at radius 1 is 0.358 bits per heavy atom. The minimum absolute atomic E-state index is 0. The molecule has 2 unspecified atom stereocenters. The van der Waals surface area contributed by atoms with Crippen LogP contribution in [0.4, 0.5) is 26.3 Å². The summed E-state index contributed by atoms with van der Waals surface area (Å²) in [6.45, 7) is 25.1. The van der Waals surface area contributed by atoms with Crippen LogP contribution in [-0.4, -0.2) is 85.9 Å². The third kappa shape index (κ3) is 27.0. The smallest absolute Gasteiger partial charge is 0.744 e. The summed E-state index contributed by atoms with van der Waals surface area (Å²) in [5.41, 5.74) is -0.129. The Morgan fingerprint density at radius 2 is 0.585 bits per heavy atom. The summed E-state index contributed by atoms with van der Waals surface area (Å²) in [7, 11) is -13.8. The number of hydrogen-bond donors (Lipinski definition) is 2. The molecule has 2 N–H and O–H groups in total. The molecule has 0 spiro atoms. The Hall–Kier alpha value is -6.49. The van der Waals surface area contributed by atoms with Crippen LogP contribution in [0, 0.1) is 6.92 Å². The molecule has 9 aromatic rings. The maximum atomic E-state index is 12.8. The molecular formula is C81H93F6NaO13S5. The van der Waals surface area contributed by atoms with Crippen molar-refractivity contribution in [3.05, 3.63) is 257 Å². The van der Waals surface area contributed by atoms with E-state index in [0.717, 1.165) is 46.1 Å². The van der Waals surface area contributed by atoms with E-state index in [4.69, 9.17) is 9.47 Å². The molecular weight excluding hydrogens is 1480 g/mol. The molecule has 106 heavy (non-hydrogen) atoms. The predicted octanol–water partition coefficient (Wildman–Crippen LogP) is 16.8. The van der Waals surface area contributed by atoms with Gasteiger partial charge in [-0.15, -0.1) is 0 Å². The van der Waals surface area contributed by atoms with Crippen LogP contribution in [0.2, 0.25) is 0 Å². The maximum Gasteiger partial charge on any atom is 1.00 e. The van der Waals surface area contributed by atoms with Crippen molar-refractivity contribution in [2.45, 2.75) is 207 Å². The van der Waals surface area contributed by atoms with Gasteiger partial charge in [-0.05, 0) is 199 Å². The molecule has 568 valence electrons. The molecule has 0 saturated carbocycles. The van der Waals surface area contributed by atoms with E-state index < -0.39 is 67.1 Å². The minimum Gasteiger partial charge on any atom is -0.744 e. The number of aliphatic hydroxyl groups is 2. The Morgan fingerprint density at radius 3 is 0.774 bits per heavy atom. The van der Waals surface area contributed by atoms with Gasteiger partial charge >= 0.3 is 41.9 Å². The molecule has 0 heterocycles. The largest absolute Gasteiger partial charge is 1.00 e. The van der Waals surface area contributed by atoms with Gasteiger partial charge in [-0.25, -0.2) is 25.3 Å². The molecule has 25 heteroatoms. The van der Waals surface area contributed by atoms with Crippen LogP contribution in [0.3, 0.4) is 0 Å². The number of benzene rings is 9. The summed E-state index contributed by atoms with van der Waals surface area (Å²) in [6, 6.07) is 67.3. The zero-order chi connectivity index (χ0) is 78.8. The molecule has 0 aliphatic heterocycles. The minimum atomic E-state index is -4.75. The van der Waals surface area contributed by atoms with E-state index in [1.807, 2.05) is 184 Å². The Bertz CT molecular complexity index is 4160. The SMILES string of the molecule is CC(C)c1cc(C(C)C)c(S(=O)(=O)[O-])c(C(C)C)c1.CC(C)c1cc(C(C)C)c(S(=O)(=O)[O-])c(C(C)C)c1.CC(O)(COc1ccc([S+](c2ccccc2)c2ccccc2)cc1)C(F)(F)F.CC(O)(COc1ccc([S+](c2ccccc2)c2ccccc2)cc1)C(F)(F)F.Cc1ccc(S(=O)(=O)[O-])cc1.[Na+]. The molecule has 0 aromatic heterocycles. The van der Waals surface area contributed by atoms with Crippen LogP contribution >= 0.6 is 0 Å². The van der Waals surface area contributed by atoms with Gasteiger partial charge in [0.05, 0.1) is 36.5 Å². The molecule has 0 saturated heterocycles. The van der Waals surface area contributed by atoms with Crippen LogP contribution in [0.1, 0.15) is 171 Å². The van der Waals surface area contributed by atoms with Crippen LogP contribution in [0.25, 0.3) is 0 Å². The van der Waals surface area contributed by atoms with Gasteiger partial charge in [0.15, 0.2) is 40.6 Å². The monoisotopic (exact) mass is 1570 g/mol. The summed E-state index contributed by atoms with van der Waals surface area (Å²) in [6.07, 6.45) is -9.50. The third-order valence-electron chi connectivity index (χ3n) is 16.3. The van der Waals surface area contributed by atoms with E-state index in [0.29, 0.717) is 47.9 Å². The van der Waals surface area contributed by atoms with E-state index in [1.54, 1.807) is 36.4 Å². The Kier molecular flexibility index (Phi) is 34.5. The van der Waals surface area contributed by atoms with Gasteiger partial charge in [0.2, 0.25) is 0 Å². The quantitative estimate of drug-likeness (QED) is 0.0295. The fourth-order valence-electron chi connectivity index (χ4n) is 10.1. The van der Waals surface area contributed by atoms with Crippen molar-refractivity contribution in [3.8, 4) is 11.5 Å². The number of halogens is 6. The van der Waals surface area contributed by atoms with Crippen LogP contribution < -0.4 is 39.0 Å². The van der Waals surface area contributed by atoms with Crippen LogP contribution in [0.5, 0.6) is 11.5 Å². The second kappa shape index (κ2) is 39.7. The normalized spacial score (nSPS) is 13.1. The average Bonchev–Trinajstić information content (AvgIpc) is 0.779. The van der Waals surface area contributed by atoms with E-state index in [-0.39, 0.29) is 101 Å². The first-order valence-corrected chi connectivity index (χ1v) is 40.4. The second-order valence-corrected chi connectivity index (χ2v) is 35.2. The topological polar surface area (TPSA) is 231 Å². The van der Waals surface area contributed by atoms with Crippen molar-refractivity contribution in [2.24, 2.45) is 0 Å². The first-order chi connectivity index (χ1) is 48.7. The van der Waals surface area contributed by atoms with E-state index in [1.165, 1.54) is 12.1 Å². The first-order valence-electron chi connectivity index (χ1n) is 33.7. The van der Waals surface area contributed by atoms with Gasteiger partial charge in [-0.1, -0.05) is 198 Å². The Labute approximate surface area is 650 Å². The van der Waals surface area contributed by atoms with E-state index in [2.05, 4.69) is 76.2 Å². The molecule has 13 nitrogen and oxygen atoms in total. The zero-order valence-corrected chi connectivity index (χ0v) is 68.4. The van der Waals surface area contributed by atoms with Gasteiger partial charge in [0.25, 0.3) is 0 Å². The second-order valence-electron chi connectivity index (χ2n) is 27.1. The average molecular weight is 1570 g/mol. The predicted molar refractivity (Wildman–Crippen MR) is 400 cm³/mol. The van der Waals surface area contributed by atoms with Crippen molar-refractivity contribution >= 4 is 52.1 Å². The summed E-state index contributed by atoms with van der Waals surface area (Å²) in [5.74, 6) is 1.20. The molecule has 9 rings (SSSR count). The number of aryl methyl sites for hydroxylation is 1. The summed E-state index contributed by atoms with van der Waals surface area (Å²) >= 11 is 0. The molecule has 0 aliphatic carbocycles. The number of ether oxygens (including phenoxy) is 2. The van der Waals surface area contributed by atoms with Crippen molar-refractivity contribution in [1.29, 1.82) is 0 Å². The fraction of sp³-hybridized carbons (Fsp3) is 0.333. The van der Waals surface area contributed by atoms with Gasteiger partial charge < -0.3 is 33.3 Å². The van der Waals surface area contributed by atoms with Crippen molar-refractivity contribution in [3.63, 3.8) is 0 Å². The Balaban J connectivity index is 0.000000288. The summed E-state index contributed by atoms with van der Waals surface area (Å²) in [5, 5.41) is 19.0. The number of alkyl halides is 6. The maximum absolute atomic E-state index is 12.8. The summed E-state index contributed by atoms with van der Waals surface area (Å²) < 4.78 is 188. The molecule has 2 atom stereocenters. The third-order valence-corrected chi connectivity index (χ3v) is 23.5. The van der Waals surface area contributed by atoms with Crippen molar-refractivity contribution < 1.29 is 114 Å². The van der Waals surface area contributed by atoms with E-state index >= 15 is 0 Å². The van der Waals surface area contributed by atoms with Crippen molar-refractivity contribution in [1.82, 2.24) is 0 Å². The van der Waals surface area contributed by atoms with Crippen molar-refractivity contribution in [2.75, 3.05) is 13.2 Å². The summed E-state index contributed by atoms with van der Waals surface area (Å²) in [4.78, 5) is 6.40. The van der Waals surface area contributed by atoms with Gasteiger partial charge in [-0.3, -0.25) is 0 Å². The van der Waals surface area contributed by atoms with Gasteiger partial charge in [0.1, 0.15) is 55.1 Å². The molecule has 0 amide bonds. The molecule has 9 aromatic carbocycles. The number of rotatable bonds is 21. The standard InChI is InChI=1S/2C22H20F3O2S.2C15H24O3S.C7H8O3S.Na/c2*1-21(26,22(23,24)25)16-27-17-12-14-20(15-13-17)28(18-8-4-2-5-9-18)19-10-6-3-7-11-19;2*1-9(2)12-7-13(10(3)4)15(19(16,17)18)14(8-12)11(5)6;1-6-2-4-7(5-3-6)11(8,9)10;/h2*2-15,26H,16H2,1H3;2*7-11H,1-6H3,(H,16,17,18);2-5H,1H3,(H,8,9,10);/q2*+1;;;;+1/p-3.